The summed E-state index contributed by atoms with van der Waals surface area (Å²) in [5, 5.41) is 1.13. The van der Waals surface area contributed by atoms with Gasteiger partial charge in [0.2, 0.25) is 5.91 Å². The molecule has 4 rings (SSSR count). The SMILES string of the molecule is Cc1ccc(-c2c(C(=O)OCC(=O)N3CCC(C(N)=O)CC3)n(C)c(=O)c3ccccc23)cc1. The fourth-order valence-electron chi connectivity index (χ4n) is 4.42. The first-order valence-corrected chi connectivity index (χ1v) is 11.2. The Kier molecular flexibility index (Phi) is 6.49. The quantitative estimate of drug-likeness (QED) is 0.587. The number of pyridine rings is 1. The minimum atomic E-state index is -0.749. The van der Waals surface area contributed by atoms with Gasteiger partial charge in [-0.1, -0.05) is 48.0 Å². The molecule has 2 N–H and O–H groups in total. The highest BCUT2D eigenvalue weighted by Crippen LogP contribution is 2.31. The first-order chi connectivity index (χ1) is 16.3. The number of aromatic nitrogens is 1. The number of primary amides is 1. The van der Waals surface area contributed by atoms with Crippen molar-refractivity contribution in [2.24, 2.45) is 18.7 Å². The van der Waals surface area contributed by atoms with Gasteiger partial charge in [-0.2, -0.15) is 0 Å². The summed E-state index contributed by atoms with van der Waals surface area (Å²) in [5.74, 6) is -1.70. The van der Waals surface area contributed by atoms with Crippen molar-refractivity contribution in [3.63, 3.8) is 0 Å². The molecule has 0 saturated carbocycles. The van der Waals surface area contributed by atoms with Gasteiger partial charge in [-0.15, -0.1) is 0 Å². The molecule has 34 heavy (non-hydrogen) atoms. The van der Waals surface area contributed by atoms with E-state index in [9.17, 15) is 19.2 Å². The van der Waals surface area contributed by atoms with Crippen LogP contribution < -0.4 is 11.3 Å². The van der Waals surface area contributed by atoms with Crippen LogP contribution in [0.2, 0.25) is 0 Å². The molecule has 2 amide bonds. The zero-order chi connectivity index (χ0) is 24.4. The predicted molar refractivity (Wildman–Crippen MR) is 128 cm³/mol. The Morgan fingerprint density at radius 2 is 1.62 bits per heavy atom. The summed E-state index contributed by atoms with van der Waals surface area (Å²) in [5.41, 5.74) is 7.53. The highest BCUT2D eigenvalue weighted by atomic mass is 16.5. The predicted octanol–water partition coefficient (Wildman–Crippen LogP) is 2.39. The van der Waals surface area contributed by atoms with Gasteiger partial charge in [0.05, 0.1) is 0 Å². The fourth-order valence-corrected chi connectivity index (χ4v) is 4.42. The summed E-state index contributed by atoms with van der Waals surface area (Å²) in [6.07, 6.45) is 0.984. The Hall–Kier alpha value is -3.94. The molecule has 1 aliphatic heterocycles. The number of fused-ring (bicyclic) bond motifs is 1. The lowest BCUT2D eigenvalue weighted by atomic mass is 9.96. The monoisotopic (exact) mass is 461 g/mol. The Bertz CT molecular complexity index is 1320. The van der Waals surface area contributed by atoms with Crippen LogP contribution in [0, 0.1) is 12.8 Å². The van der Waals surface area contributed by atoms with Gasteiger partial charge in [-0.3, -0.25) is 14.4 Å². The number of likely N-dealkylation sites (tertiary alicyclic amines) is 1. The summed E-state index contributed by atoms with van der Waals surface area (Å²) in [6, 6.07) is 14.8. The van der Waals surface area contributed by atoms with Crippen LogP contribution in [-0.2, 0) is 21.4 Å². The van der Waals surface area contributed by atoms with E-state index >= 15 is 0 Å². The molecule has 0 aliphatic carbocycles. The number of carbonyl (C=O) groups is 3. The normalized spacial score (nSPS) is 14.2. The Morgan fingerprint density at radius 3 is 2.24 bits per heavy atom. The van der Waals surface area contributed by atoms with Crippen LogP contribution in [0.1, 0.15) is 28.9 Å². The largest absolute Gasteiger partial charge is 0.451 e. The molecule has 0 unspecified atom stereocenters. The van der Waals surface area contributed by atoms with Crippen molar-refractivity contribution in [2.75, 3.05) is 19.7 Å². The maximum absolute atomic E-state index is 13.2. The molecule has 176 valence electrons. The molecule has 2 aromatic carbocycles. The van der Waals surface area contributed by atoms with Crippen molar-refractivity contribution < 1.29 is 19.1 Å². The van der Waals surface area contributed by atoms with Gasteiger partial charge in [-0.25, -0.2) is 4.79 Å². The number of esters is 1. The third-order valence-electron chi connectivity index (χ3n) is 6.41. The van der Waals surface area contributed by atoms with Crippen molar-refractivity contribution in [2.45, 2.75) is 19.8 Å². The Balaban J connectivity index is 1.64. The van der Waals surface area contributed by atoms with Crippen LogP contribution in [0.4, 0.5) is 0 Å². The van der Waals surface area contributed by atoms with Gasteiger partial charge >= 0.3 is 5.97 Å². The smallest absolute Gasteiger partial charge is 0.356 e. The number of nitrogens with zero attached hydrogens (tertiary/aromatic N) is 2. The molecular weight excluding hydrogens is 434 g/mol. The molecule has 1 fully saturated rings. The van der Waals surface area contributed by atoms with E-state index in [4.69, 9.17) is 10.5 Å². The van der Waals surface area contributed by atoms with Crippen LogP contribution in [0.5, 0.6) is 0 Å². The number of rotatable bonds is 5. The zero-order valence-electron chi connectivity index (χ0n) is 19.2. The number of hydrogen-bond acceptors (Lipinski definition) is 5. The average Bonchev–Trinajstić information content (AvgIpc) is 2.85. The van der Waals surface area contributed by atoms with Crippen LogP contribution >= 0.6 is 0 Å². The summed E-state index contributed by atoms with van der Waals surface area (Å²) in [7, 11) is 1.53. The number of amides is 2. The molecule has 0 spiro atoms. The molecule has 1 aromatic heterocycles. The summed E-state index contributed by atoms with van der Waals surface area (Å²) < 4.78 is 6.69. The molecule has 8 heteroatoms. The molecule has 1 saturated heterocycles. The number of benzene rings is 2. The first-order valence-electron chi connectivity index (χ1n) is 11.2. The maximum Gasteiger partial charge on any atom is 0.356 e. The third kappa shape index (κ3) is 4.44. The molecule has 3 aromatic rings. The number of carbonyl (C=O) groups excluding carboxylic acids is 3. The van der Waals surface area contributed by atoms with E-state index in [1.807, 2.05) is 37.3 Å². The van der Waals surface area contributed by atoms with E-state index in [0.717, 1.165) is 11.1 Å². The van der Waals surface area contributed by atoms with E-state index in [1.54, 1.807) is 23.1 Å². The standard InChI is InChI=1S/C26H27N3O5/c1-16-7-9-17(10-8-16)22-19-5-3-4-6-20(19)25(32)28(2)23(22)26(33)34-15-21(30)29-13-11-18(12-14-29)24(27)31/h3-10,18H,11-15H2,1-2H3,(H2,27,31). The van der Waals surface area contributed by atoms with E-state index in [0.29, 0.717) is 42.3 Å². The first kappa shape index (κ1) is 23.2. The number of piperidine rings is 1. The molecular formula is C26H27N3O5. The minimum absolute atomic E-state index is 0.0905. The zero-order valence-corrected chi connectivity index (χ0v) is 19.2. The Labute approximate surface area is 196 Å². The highest BCUT2D eigenvalue weighted by molar-refractivity contribution is 6.07. The minimum Gasteiger partial charge on any atom is -0.451 e. The van der Waals surface area contributed by atoms with Gasteiger partial charge in [-0.05, 0) is 36.8 Å². The van der Waals surface area contributed by atoms with Gasteiger partial charge in [0.1, 0.15) is 5.69 Å². The van der Waals surface area contributed by atoms with Gasteiger partial charge < -0.3 is 19.9 Å². The van der Waals surface area contributed by atoms with E-state index < -0.39 is 12.6 Å². The van der Waals surface area contributed by atoms with Gasteiger partial charge in [0.25, 0.3) is 11.5 Å². The summed E-state index contributed by atoms with van der Waals surface area (Å²) in [4.78, 5) is 51.8. The molecule has 8 nitrogen and oxygen atoms in total. The van der Waals surface area contributed by atoms with E-state index in [2.05, 4.69) is 0 Å². The lowest BCUT2D eigenvalue weighted by Crippen LogP contribution is -2.43. The third-order valence-corrected chi connectivity index (χ3v) is 6.41. The molecule has 0 atom stereocenters. The topological polar surface area (TPSA) is 112 Å². The number of aryl methyl sites for hydroxylation is 1. The lowest BCUT2D eigenvalue weighted by molar-refractivity contribution is -0.137. The van der Waals surface area contributed by atoms with Crippen molar-refractivity contribution in [3.05, 3.63) is 70.1 Å². The second kappa shape index (κ2) is 9.51. The van der Waals surface area contributed by atoms with Crippen LogP contribution in [0.25, 0.3) is 21.9 Å². The highest BCUT2D eigenvalue weighted by Gasteiger charge is 2.28. The van der Waals surface area contributed by atoms with Crippen molar-refractivity contribution in [1.82, 2.24) is 9.47 Å². The second-order valence-corrected chi connectivity index (χ2v) is 8.63. The number of ether oxygens (including phenoxy) is 1. The van der Waals surface area contributed by atoms with E-state index in [1.165, 1.54) is 11.6 Å². The molecule has 0 bridgehead atoms. The van der Waals surface area contributed by atoms with Crippen molar-refractivity contribution >= 4 is 28.6 Å². The summed E-state index contributed by atoms with van der Waals surface area (Å²) in [6.45, 7) is 2.28. The number of nitrogens with two attached hydrogens (primary N) is 1. The number of hydrogen-bond donors (Lipinski definition) is 1. The molecule has 1 aliphatic rings. The lowest BCUT2D eigenvalue weighted by Gasteiger charge is -2.30. The van der Waals surface area contributed by atoms with Crippen molar-refractivity contribution in [3.8, 4) is 11.1 Å². The van der Waals surface area contributed by atoms with Crippen LogP contribution in [-0.4, -0.2) is 46.9 Å². The van der Waals surface area contributed by atoms with Gasteiger partial charge in [0, 0.05) is 37.0 Å². The van der Waals surface area contributed by atoms with Crippen molar-refractivity contribution in [1.29, 1.82) is 0 Å². The Morgan fingerprint density at radius 1 is 1.00 bits per heavy atom. The van der Waals surface area contributed by atoms with Gasteiger partial charge in [0.15, 0.2) is 6.61 Å². The van der Waals surface area contributed by atoms with Crippen LogP contribution in [0.15, 0.2) is 53.3 Å². The maximum atomic E-state index is 13.2. The molecule has 0 radical (unpaired) electrons. The average molecular weight is 462 g/mol. The van der Waals surface area contributed by atoms with Crippen LogP contribution in [0.3, 0.4) is 0 Å². The molecule has 2 heterocycles. The second-order valence-electron chi connectivity index (χ2n) is 8.63. The van der Waals surface area contributed by atoms with E-state index in [-0.39, 0.29) is 29.0 Å². The fraction of sp³-hybridized carbons (Fsp3) is 0.308. The summed E-state index contributed by atoms with van der Waals surface area (Å²) >= 11 is 0.